The van der Waals surface area contributed by atoms with E-state index in [4.69, 9.17) is 14.2 Å². The van der Waals surface area contributed by atoms with Crippen LogP contribution in [0.4, 0.5) is 0 Å². The van der Waals surface area contributed by atoms with Gasteiger partial charge in [0.25, 0.3) is 0 Å². The predicted molar refractivity (Wildman–Crippen MR) is 128 cm³/mol. The van der Waals surface area contributed by atoms with Crippen molar-refractivity contribution in [1.82, 2.24) is 10.2 Å². The molecule has 3 aromatic carbocycles. The van der Waals surface area contributed by atoms with Crippen molar-refractivity contribution >= 4 is 0 Å². The Hall–Kier alpha value is -3.02. The molecule has 1 N–H and O–H groups in total. The first kappa shape index (κ1) is 22.2. The Morgan fingerprint density at radius 3 is 2.41 bits per heavy atom. The molecule has 1 fully saturated rings. The molecule has 1 unspecified atom stereocenters. The second-order valence-corrected chi connectivity index (χ2v) is 7.97. The number of hydrogen-bond acceptors (Lipinski definition) is 5. The van der Waals surface area contributed by atoms with E-state index < -0.39 is 0 Å². The maximum absolute atomic E-state index is 6.35. The van der Waals surface area contributed by atoms with Gasteiger partial charge in [-0.1, -0.05) is 54.6 Å². The zero-order valence-electron chi connectivity index (χ0n) is 18.9. The zero-order valence-corrected chi connectivity index (χ0v) is 18.9. The molecule has 1 aliphatic heterocycles. The highest BCUT2D eigenvalue weighted by Crippen LogP contribution is 2.39. The quantitative estimate of drug-likeness (QED) is 0.560. The maximum Gasteiger partial charge on any atom is 0.161 e. The summed E-state index contributed by atoms with van der Waals surface area (Å²) in [5, 5.41) is 3.52. The van der Waals surface area contributed by atoms with Crippen LogP contribution in [-0.4, -0.2) is 45.3 Å². The van der Waals surface area contributed by atoms with Crippen LogP contribution in [0.25, 0.3) is 0 Å². The molecule has 1 heterocycles. The number of hydrogen-bond donors (Lipinski definition) is 1. The third-order valence-corrected chi connectivity index (χ3v) is 5.91. The monoisotopic (exact) mass is 432 g/mol. The number of nitrogens with zero attached hydrogens (tertiary/aromatic N) is 1. The Bertz CT molecular complexity index is 985. The molecule has 3 aromatic rings. The zero-order chi connectivity index (χ0) is 22.2. The molecule has 0 aromatic heterocycles. The van der Waals surface area contributed by atoms with Gasteiger partial charge < -0.3 is 19.5 Å². The highest BCUT2D eigenvalue weighted by molar-refractivity contribution is 5.48. The second kappa shape index (κ2) is 11.0. The van der Waals surface area contributed by atoms with Gasteiger partial charge in [0.2, 0.25) is 0 Å². The van der Waals surface area contributed by atoms with Crippen LogP contribution in [0.1, 0.15) is 29.2 Å². The van der Waals surface area contributed by atoms with Crippen molar-refractivity contribution in [3.8, 4) is 17.2 Å². The van der Waals surface area contributed by atoms with Crippen molar-refractivity contribution in [3.05, 3.63) is 89.5 Å². The first-order chi connectivity index (χ1) is 15.8. The molecule has 1 atom stereocenters. The lowest BCUT2D eigenvalue weighted by Crippen LogP contribution is -2.33. The van der Waals surface area contributed by atoms with E-state index in [2.05, 4.69) is 52.7 Å². The molecular weight excluding hydrogens is 400 g/mol. The van der Waals surface area contributed by atoms with E-state index in [1.54, 1.807) is 14.2 Å². The van der Waals surface area contributed by atoms with E-state index in [0.29, 0.717) is 6.61 Å². The third kappa shape index (κ3) is 5.23. The minimum atomic E-state index is 0.0571. The lowest BCUT2D eigenvalue weighted by atomic mass is 9.95. The molecule has 5 heteroatoms. The summed E-state index contributed by atoms with van der Waals surface area (Å²) < 4.78 is 17.5. The summed E-state index contributed by atoms with van der Waals surface area (Å²) >= 11 is 0. The molecular formula is C27H32N2O3. The lowest BCUT2D eigenvalue weighted by molar-refractivity contribution is 0.229. The average Bonchev–Trinajstić information content (AvgIpc) is 3.13. The summed E-state index contributed by atoms with van der Waals surface area (Å²) in [6.07, 6.45) is 1.11. The van der Waals surface area contributed by atoms with Crippen molar-refractivity contribution in [2.24, 2.45) is 0 Å². The number of methoxy groups -OCH3 is 2. The molecule has 0 aliphatic carbocycles. The second-order valence-electron chi connectivity index (χ2n) is 7.97. The van der Waals surface area contributed by atoms with Crippen molar-refractivity contribution in [1.29, 1.82) is 0 Å². The summed E-state index contributed by atoms with van der Waals surface area (Å²) in [6.45, 7) is 4.53. The summed E-state index contributed by atoms with van der Waals surface area (Å²) in [4.78, 5) is 2.53. The van der Waals surface area contributed by atoms with Crippen LogP contribution in [0.5, 0.6) is 17.2 Å². The first-order valence-electron chi connectivity index (χ1n) is 11.2. The molecule has 32 heavy (non-hydrogen) atoms. The Morgan fingerprint density at radius 1 is 0.812 bits per heavy atom. The fourth-order valence-electron chi connectivity index (χ4n) is 4.31. The van der Waals surface area contributed by atoms with Gasteiger partial charge in [0.1, 0.15) is 12.4 Å². The minimum Gasteiger partial charge on any atom is -0.493 e. The predicted octanol–water partition coefficient (Wildman–Crippen LogP) is 4.67. The van der Waals surface area contributed by atoms with Crippen LogP contribution in [0, 0.1) is 0 Å². The van der Waals surface area contributed by atoms with Crippen LogP contribution in [0.15, 0.2) is 72.8 Å². The molecule has 0 radical (unpaired) electrons. The van der Waals surface area contributed by atoms with Crippen LogP contribution >= 0.6 is 0 Å². The van der Waals surface area contributed by atoms with E-state index >= 15 is 0 Å². The van der Waals surface area contributed by atoms with E-state index in [1.165, 1.54) is 5.56 Å². The summed E-state index contributed by atoms with van der Waals surface area (Å²) in [7, 11) is 3.35. The molecule has 5 nitrogen and oxygen atoms in total. The smallest absolute Gasteiger partial charge is 0.161 e. The highest BCUT2D eigenvalue weighted by Gasteiger charge is 2.27. The van der Waals surface area contributed by atoms with Crippen LogP contribution in [0.2, 0.25) is 0 Å². The van der Waals surface area contributed by atoms with Gasteiger partial charge in [-0.15, -0.1) is 0 Å². The van der Waals surface area contributed by atoms with Gasteiger partial charge in [0.15, 0.2) is 11.5 Å². The molecule has 1 aliphatic rings. The topological polar surface area (TPSA) is 43.0 Å². The van der Waals surface area contributed by atoms with Crippen molar-refractivity contribution in [2.75, 3.05) is 40.4 Å². The van der Waals surface area contributed by atoms with Crippen LogP contribution in [-0.2, 0) is 6.61 Å². The molecule has 1 saturated heterocycles. The lowest BCUT2D eigenvalue weighted by Gasteiger charge is -2.32. The van der Waals surface area contributed by atoms with Crippen molar-refractivity contribution < 1.29 is 14.2 Å². The van der Waals surface area contributed by atoms with Crippen molar-refractivity contribution in [2.45, 2.75) is 19.1 Å². The largest absolute Gasteiger partial charge is 0.493 e. The average molecular weight is 433 g/mol. The maximum atomic E-state index is 6.35. The van der Waals surface area contributed by atoms with Gasteiger partial charge in [-0.3, -0.25) is 4.90 Å². The fourth-order valence-corrected chi connectivity index (χ4v) is 4.31. The highest BCUT2D eigenvalue weighted by atomic mass is 16.5. The molecule has 0 spiro atoms. The number of nitrogens with one attached hydrogen (secondary N) is 1. The fraction of sp³-hybridized carbons (Fsp3) is 0.333. The summed E-state index contributed by atoms with van der Waals surface area (Å²) in [6, 6.07) is 25.0. The van der Waals surface area contributed by atoms with Gasteiger partial charge in [0, 0.05) is 25.2 Å². The number of benzene rings is 3. The minimum absolute atomic E-state index is 0.0571. The van der Waals surface area contributed by atoms with Gasteiger partial charge in [-0.2, -0.15) is 0 Å². The van der Waals surface area contributed by atoms with Gasteiger partial charge in [-0.05, 0) is 42.3 Å². The Morgan fingerprint density at radius 2 is 1.59 bits per heavy atom. The summed E-state index contributed by atoms with van der Waals surface area (Å²) in [5.41, 5.74) is 3.49. The normalized spacial score (nSPS) is 15.6. The SMILES string of the molecule is COc1ccc(C(c2ccccc2OCc2ccccc2)N2CCCNCC2)cc1OC. The Balaban J connectivity index is 1.72. The molecule has 168 valence electrons. The first-order valence-corrected chi connectivity index (χ1v) is 11.2. The molecule has 4 rings (SSSR count). The summed E-state index contributed by atoms with van der Waals surface area (Å²) in [5.74, 6) is 2.39. The van der Waals surface area contributed by atoms with E-state index in [-0.39, 0.29) is 6.04 Å². The number of ether oxygens (including phenoxy) is 3. The van der Waals surface area contributed by atoms with Gasteiger partial charge in [-0.25, -0.2) is 0 Å². The molecule has 0 amide bonds. The Kier molecular flexibility index (Phi) is 7.64. The van der Waals surface area contributed by atoms with E-state index in [1.807, 2.05) is 30.3 Å². The third-order valence-electron chi connectivity index (χ3n) is 5.91. The van der Waals surface area contributed by atoms with Crippen molar-refractivity contribution in [3.63, 3.8) is 0 Å². The molecule has 0 saturated carbocycles. The van der Waals surface area contributed by atoms with Gasteiger partial charge >= 0.3 is 0 Å². The standard InChI is InChI=1S/C27H32N2O3/c1-30-25-14-13-22(19-26(25)31-2)27(29-17-8-15-28-16-18-29)23-11-6-7-12-24(23)32-20-21-9-4-3-5-10-21/h3-7,9-14,19,27-28H,8,15-18,20H2,1-2H3. The van der Waals surface area contributed by atoms with Crippen LogP contribution < -0.4 is 19.5 Å². The number of rotatable bonds is 8. The molecule has 0 bridgehead atoms. The Labute approximate surface area is 190 Å². The van der Waals surface area contributed by atoms with E-state index in [0.717, 1.165) is 61.0 Å². The van der Waals surface area contributed by atoms with Crippen LogP contribution in [0.3, 0.4) is 0 Å². The number of para-hydroxylation sites is 1. The van der Waals surface area contributed by atoms with Gasteiger partial charge in [0.05, 0.1) is 20.3 Å². The van der Waals surface area contributed by atoms with E-state index in [9.17, 15) is 0 Å².